The standard InChI is InChI=1S/C16H20BrN3O/c1-3-16(2,9-10-17)19-15(21)13-11-18-20(12-13)14-7-5-4-6-8-14/h4-8,11-12H,3,9-10H2,1-2H3,(H,19,21). The van der Waals surface area contributed by atoms with E-state index in [1.165, 1.54) is 0 Å². The van der Waals surface area contributed by atoms with Crippen LogP contribution in [0, 0.1) is 0 Å². The molecule has 0 aliphatic rings. The van der Waals surface area contributed by atoms with Crippen molar-refractivity contribution in [3.8, 4) is 5.69 Å². The van der Waals surface area contributed by atoms with Crippen LogP contribution in [0.3, 0.4) is 0 Å². The Morgan fingerprint density at radius 1 is 1.38 bits per heavy atom. The van der Waals surface area contributed by atoms with Crippen molar-refractivity contribution < 1.29 is 4.79 Å². The molecular weight excluding hydrogens is 330 g/mol. The molecule has 0 radical (unpaired) electrons. The summed E-state index contributed by atoms with van der Waals surface area (Å²) in [5.74, 6) is -0.0810. The first-order chi connectivity index (χ1) is 10.1. The number of halogens is 1. The Morgan fingerprint density at radius 2 is 2.10 bits per heavy atom. The molecule has 0 aliphatic carbocycles. The second-order valence-electron chi connectivity index (χ2n) is 5.32. The molecule has 1 aromatic heterocycles. The lowest BCUT2D eigenvalue weighted by Gasteiger charge is -2.28. The fourth-order valence-electron chi connectivity index (χ4n) is 2.04. The molecule has 1 amide bonds. The van der Waals surface area contributed by atoms with Crippen molar-refractivity contribution in [2.75, 3.05) is 5.33 Å². The fourth-order valence-corrected chi connectivity index (χ4v) is 2.92. The summed E-state index contributed by atoms with van der Waals surface area (Å²) in [6, 6.07) is 9.75. The molecular formula is C16H20BrN3O. The van der Waals surface area contributed by atoms with E-state index in [-0.39, 0.29) is 11.4 Å². The summed E-state index contributed by atoms with van der Waals surface area (Å²) in [5.41, 5.74) is 1.32. The lowest BCUT2D eigenvalue weighted by atomic mass is 9.95. The normalized spacial score (nSPS) is 13.7. The summed E-state index contributed by atoms with van der Waals surface area (Å²) < 4.78 is 1.71. The van der Waals surface area contributed by atoms with E-state index >= 15 is 0 Å². The lowest BCUT2D eigenvalue weighted by Crippen LogP contribution is -2.45. The largest absolute Gasteiger partial charge is 0.347 e. The molecule has 0 spiro atoms. The van der Waals surface area contributed by atoms with E-state index in [0.717, 1.165) is 23.9 Å². The van der Waals surface area contributed by atoms with Gasteiger partial charge in [-0.2, -0.15) is 5.10 Å². The van der Waals surface area contributed by atoms with Crippen LogP contribution in [0.2, 0.25) is 0 Å². The molecule has 5 heteroatoms. The molecule has 0 aliphatic heterocycles. The molecule has 1 N–H and O–H groups in total. The van der Waals surface area contributed by atoms with Crippen LogP contribution in [-0.4, -0.2) is 26.6 Å². The number of hydrogen-bond donors (Lipinski definition) is 1. The van der Waals surface area contributed by atoms with Crippen LogP contribution in [0.15, 0.2) is 42.7 Å². The zero-order chi connectivity index (χ0) is 15.3. The molecule has 112 valence electrons. The summed E-state index contributed by atoms with van der Waals surface area (Å²) in [5, 5.41) is 8.22. The van der Waals surface area contributed by atoms with E-state index in [1.807, 2.05) is 30.3 Å². The zero-order valence-corrected chi connectivity index (χ0v) is 13.9. The number of para-hydroxylation sites is 1. The topological polar surface area (TPSA) is 46.9 Å². The van der Waals surface area contributed by atoms with Gasteiger partial charge >= 0.3 is 0 Å². The van der Waals surface area contributed by atoms with Crippen LogP contribution in [-0.2, 0) is 0 Å². The molecule has 2 rings (SSSR count). The minimum Gasteiger partial charge on any atom is -0.347 e. The molecule has 1 unspecified atom stereocenters. The minimum absolute atomic E-state index is 0.0810. The van der Waals surface area contributed by atoms with Gasteiger partial charge in [-0.25, -0.2) is 4.68 Å². The van der Waals surface area contributed by atoms with Gasteiger partial charge in [0.2, 0.25) is 0 Å². The SMILES string of the molecule is CCC(C)(CCBr)NC(=O)c1cnn(-c2ccccc2)c1. The number of aromatic nitrogens is 2. The molecule has 21 heavy (non-hydrogen) atoms. The average molecular weight is 350 g/mol. The summed E-state index contributed by atoms with van der Waals surface area (Å²) >= 11 is 3.44. The number of hydrogen-bond acceptors (Lipinski definition) is 2. The van der Waals surface area contributed by atoms with E-state index in [2.05, 4.69) is 40.2 Å². The first-order valence-corrected chi connectivity index (χ1v) is 8.19. The Bertz CT molecular complexity index is 597. The maximum atomic E-state index is 12.4. The molecule has 0 saturated heterocycles. The van der Waals surface area contributed by atoms with Crippen molar-refractivity contribution in [2.24, 2.45) is 0 Å². The molecule has 0 saturated carbocycles. The van der Waals surface area contributed by atoms with Gasteiger partial charge in [-0.15, -0.1) is 0 Å². The maximum Gasteiger partial charge on any atom is 0.254 e. The van der Waals surface area contributed by atoms with Gasteiger partial charge in [0, 0.05) is 17.1 Å². The van der Waals surface area contributed by atoms with Gasteiger partial charge in [0.25, 0.3) is 5.91 Å². The number of nitrogens with zero attached hydrogens (tertiary/aromatic N) is 2. The van der Waals surface area contributed by atoms with E-state index in [1.54, 1.807) is 17.1 Å². The van der Waals surface area contributed by atoms with Crippen LogP contribution >= 0.6 is 15.9 Å². The highest BCUT2D eigenvalue weighted by atomic mass is 79.9. The van der Waals surface area contributed by atoms with E-state index in [9.17, 15) is 4.79 Å². The van der Waals surface area contributed by atoms with Crippen molar-refractivity contribution >= 4 is 21.8 Å². The van der Waals surface area contributed by atoms with Crippen LogP contribution in [0.5, 0.6) is 0 Å². The van der Waals surface area contributed by atoms with Crippen molar-refractivity contribution in [3.63, 3.8) is 0 Å². The van der Waals surface area contributed by atoms with Crippen molar-refractivity contribution in [1.82, 2.24) is 15.1 Å². The average Bonchev–Trinajstić information content (AvgIpc) is 2.98. The summed E-state index contributed by atoms with van der Waals surface area (Å²) in [6.07, 6.45) is 5.14. The highest BCUT2D eigenvalue weighted by molar-refractivity contribution is 9.09. The van der Waals surface area contributed by atoms with E-state index in [4.69, 9.17) is 0 Å². The predicted molar refractivity (Wildman–Crippen MR) is 88.1 cm³/mol. The van der Waals surface area contributed by atoms with Crippen LogP contribution in [0.25, 0.3) is 5.69 Å². The number of carbonyl (C=O) groups is 1. The molecule has 1 heterocycles. The lowest BCUT2D eigenvalue weighted by molar-refractivity contribution is 0.0902. The number of rotatable bonds is 6. The first kappa shape index (κ1) is 15.8. The second-order valence-corrected chi connectivity index (χ2v) is 6.11. The van der Waals surface area contributed by atoms with Gasteiger partial charge in [-0.3, -0.25) is 4.79 Å². The number of alkyl halides is 1. The van der Waals surface area contributed by atoms with Gasteiger partial charge < -0.3 is 5.32 Å². The Morgan fingerprint density at radius 3 is 2.71 bits per heavy atom. The van der Waals surface area contributed by atoms with Crippen molar-refractivity contribution in [2.45, 2.75) is 32.2 Å². The van der Waals surface area contributed by atoms with Gasteiger partial charge in [0.05, 0.1) is 17.4 Å². The number of amides is 1. The smallest absolute Gasteiger partial charge is 0.254 e. The Kier molecular flexibility index (Phi) is 5.17. The molecule has 2 aromatic rings. The van der Waals surface area contributed by atoms with Gasteiger partial charge in [-0.1, -0.05) is 41.1 Å². The zero-order valence-electron chi connectivity index (χ0n) is 12.3. The third-order valence-corrected chi connectivity index (χ3v) is 4.10. The monoisotopic (exact) mass is 349 g/mol. The van der Waals surface area contributed by atoms with Crippen molar-refractivity contribution in [1.29, 1.82) is 0 Å². The molecule has 4 nitrogen and oxygen atoms in total. The summed E-state index contributed by atoms with van der Waals surface area (Å²) in [6.45, 7) is 4.14. The third kappa shape index (κ3) is 3.94. The van der Waals surface area contributed by atoms with E-state index < -0.39 is 0 Å². The van der Waals surface area contributed by atoms with Gasteiger partial charge in [0.1, 0.15) is 0 Å². The van der Waals surface area contributed by atoms with Crippen LogP contribution in [0.1, 0.15) is 37.0 Å². The minimum atomic E-state index is -0.199. The van der Waals surface area contributed by atoms with Crippen LogP contribution < -0.4 is 5.32 Å². The fraction of sp³-hybridized carbons (Fsp3) is 0.375. The number of benzene rings is 1. The maximum absolute atomic E-state index is 12.4. The van der Waals surface area contributed by atoms with Gasteiger partial charge in [-0.05, 0) is 31.9 Å². The predicted octanol–water partition coefficient (Wildman–Crippen LogP) is 3.56. The highest BCUT2D eigenvalue weighted by Crippen LogP contribution is 2.17. The molecule has 0 bridgehead atoms. The Labute approximate surface area is 133 Å². The quantitative estimate of drug-likeness (QED) is 0.810. The van der Waals surface area contributed by atoms with Gasteiger partial charge in [0.15, 0.2) is 0 Å². The van der Waals surface area contributed by atoms with Crippen molar-refractivity contribution in [3.05, 3.63) is 48.3 Å². The molecule has 0 fully saturated rings. The molecule has 1 aromatic carbocycles. The third-order valence-electron chi connectivity index (χ3n) is 3.71. The Balaban J connectivity index is 2.12. The summed E-state index contributed by atoms with van der Waals surface area (Å²) in [7, 11) is 0. The number of nitrogens with one attached hydrogen (secondary N) is 1. The van der Waals surface area contributed by atoms with Crippen LogP contribution in [0.4, 0.5) is 0 Å². The molecule has 1 atom stereocenters. The highest BCUT2D eigenvalue weighted by Gasteiger charge is 2.24. The summed E-state index contributed by atoms with van der Waals surface area (Å²) in [4.78, 5) is 12.4. The number of carbonyl (C=O) groups excluding carboxylic acids is 1. The van der Waals surface area contributed by atoms with E-state index in [0.29, 0.717) is 5.56 Å². The second kappa shape index (κ2) is 6.89. The Hall–Kier alpha value is -1.62. The first-order valence-electron chi connectivity index (χ1n) is 7.06.